The Kier molecular flexibility index (Phi) is 4.43. The minimum Gasteiger partial charge on any atom is -0.507 e. The molecule has 3 N–H and O–H groups in total. The van der Waals surface area contributed by atoms with E-state index in [0.29, 0.717) is 5.02 Å². The summed E-state index contributed by atoms with van der Waals surface area (Å²) >= 11 is 5.78. The SMILES string of the molecule is Cc1c(O)c(C)c(O)c(C(=O)/C=C/c2ccc(Cl)cc2)c1O. The van der Waals surface area contributed by atoms with Crippen molar-refractivity contribution in [1.82, 2.24) is 0 Å². The summed E-state index contributed by atoms with van der Waals surface area (Å²) in [5.74, 6) is -1.64. The van der Waals surface area contributed by atoms with E-state index < -0.39 is 17.3 Å². The molecule has 4 nitrogen and oxygen atoms in total. The fourth-order valence-electron chi connectivity index (χ4n) is 2.06. The van der Waals surface area contributed by atoms with Crippen molar-refractivity contribution >= 4 is 23.5 Å². The van der Waals surface area contributed by atoms with Gasteiger partial charge >= 0.3 is 0 Å². The zero-order valence-corrected chi connectivity index (χ0v) is 12.8. The minimum absolute atomic E-state index is 0.151. The van der Waals surface area contributed by atoms with E-state index in [1.807, 2.05) is 0 Å². The minimum atomic E-state index is -0.559. The average molecular weight is 319 g/mol. The Morgan fingerprint density at radius 1 is 0.955 bits per heavy atom. The second kappa shape index (κ2) is 6.12. The number of halogens is 1. The summed E-state index contributed by atoms with van der Waals surface area (Å²) < 4.78 is 0. The smallest absolute Gasteiger partial charge is 0.193 e. The van der Waals surface area contributed by atoms with Gasteiger partial charge in [0, 0.05) is 16.1 Å². The van der Waals surface area contributed by atoms with Crippen molar-refractivity contribution in [2.75, 3.05) is 0 Å². The molecule has 2 aromatic carbocycles. The number of allylic oxidation sites excluding steroid dienone is 1. The predicted octanol–water partition coefficient (Wildman–Crippen LogP) is 3.97. The summed E-state index contributed by atoms with van der Waals surface area (Å²) in [6.07, 6.45) is 2.79. The lowest BCUT2D eigenvalue weighted by atomic mass is 9.98. The highest BCUT2D eigenvalue weighted by Gasteiger charge is 2.22. The Labute approximate surface area is 132 Å². The first-order valence-corrected chi connectivity index (χ1v) is 6.92. The number of phenols is 3. The molecule has 0 bridgehead atoms. The zero-order valence-electron chi connectivity index (χ0n) is 12.1. The third-order valence-corrected chi connectivity index (χ3v) is 3.69. The second-order valence-corrected chi connectivity index (χ2v) is 5.36. The maximum Gasteiger partial charge on any atom is 0.193 e. The van der Waals surface area contributed by atoms with E-state index in [2.05, 4.69) is 0 Å². The number of hydrogen-bond donors (Lipinski definition) is 3. The summed E-state index contributed by atoms with van der Waals surface area (Å²) in [5.41, 5.74) is 0.832. The molecule has 114 valence electrons. The summed E-state index contributed by atoms with van der Waals surface area (Å²) in [7, 11) is 0. The molecule has 2 aromatic rings. The Balaban J connectivity index is 2.40. The van der Waals surface area contributed by atoms with E-state index in [4.69, 9.17) is 11.6 Å². The highest BCUT2D eigenvalue weighted by molar-refractivity contribution is 6.30. The predicted molar refractivity (Wildman–Crippen MR) is 85.7 cm³/mol. The van der Waals surface area contributed by atoms with Crippen molar-refractivity contribution in [2.24, 2.45) is 0 Å². The van der Waals surface area contributed by atoms with Gasteiger partial charge in [0.05, 0.1) is 0 Å². The summed E-state index contributed by atoms with van der Waals surface area (Å²) in [5, 5.41) is 30.3. The maximum absolute atomic E-state index is 12.2. The number of benzene rings is 2. The standard InChI is InChI=1S/C17H15ClO4/c1-9-15(20)10(2)17(22)14(16(9)21)13(19)8-5-11-3-6-12(18)7-4-11/h3-8,20-22H,1-2H3/b8-5+. The number of ketones is 1. The molecule has 5 heteroatoms. The molecular formula is C17H15ClO4. The highest BCUT2D eigenvalue weighted by atomic mass is 35.5. The van der Waals surface area contributed by atoms with Gasteiger partial charge in [0.25, 0.3) is 0 Å². The van der Waals surface area contributed by atoms with Gasteiger partial charge in [-0.15, -0.1) is 0 Å². The monoisotopic (exact) mass is 318 g/mol. The van der Waals surface area contributed by atoms with Gasteiger partial charge in [-0.05, 0) is 37.6 Å². The van der Waals surface area contributed by atoms with Gasteiger partial charge < -0.3 is 15.3 Å². The lowest BCUT2D eigenvalue weighted by molar-refractivity contribution is 0.104. The van der Waals surface area contributed by atoms with E-state index in [-0.39, 0.29) is 22.4 Å². The first kappa shape index (κ1) is 15.9. The Morgan fingerprint density at radius 2 is 1.45 bits per heavy atom. The van der Waals surface area contributed by atoms with Gasteiger partial charge in [-0.2, -0.15) is 0 Å². The van der Waals surface area contributed by atoms with Crippen LogP contribution in [0.5, 0.6) is 17.2 Å². The largest absolute Gasteiger partial charge is 0.507 e. The normalized spacial score (nSPS) is 11.0. The van der Waals surface area contributed by atoms with E-state index >= 15 is 0 Å². The summed E-state index contributed by atoms with van der Waals surface area (Å²) in [6.45, 7) is 2.94. The molecule has 0 saturated heterocycles. The molecule has 22 heavy (non-hydrogen) atoms. The van der Waals surface area contributed by atoms with Crippen molar-refractivity contribution in [3.63, 3.8) is 0 Å². The number of phenolic OH excluding ortho intramolecular Hbond substituents is 3. The highest BCUT2D eigenvalue weighted by Crippen LogP contribution is 2.41. The van der Waals surface area contributed by atoms with Crippen LogP contribution in [0.15, 0.2) is 30.3 Å². The van der Waals surface area contributed by atoms with Crippen molar-refractivity contribution in [2.45, 2.75) is 13.8 Å². The molecule has 2 rings (SSSR count). The first-order chi connectivity index (χ1) is 10.3. The topological polar surface area (TPSA) is 77.8 Å². The molecule has 0 aromatic heterocycles. The zero-order chi connectivity index (χ0) is 16.4. The average Bonchev–Trinajstić information content (AvgIpc) is 2.50. The van der Waals surface area contributed by atoms with Gasteiger partial charge in [-0.25, -0.2) is 0 Å². The molecule has 0 saturated carbocycles. The number of carbonyl (C=O) groups excluding carboxylic acids is 1. The molecule has 0 amide bonds. The summed E-state index contributed by atoms with van der Waals surface area (Å²) in [4.78, 5) is 12.2. The van der Waals surface area contributed by atoms with Crippen LogP contribution in [0.3, 0.4) is 0 Å². The lowest BCUT2D eigenvalue weighted by Crippen LogP contribution is -1.99. The molecule has 0 heterocycles. The lowest BCUT2D eigenvalue weighted by Gasteiger charge is -2.12. The van der Waals surface area contributed by atoms with Crippen LogP contribution in [0.25, 0.3) is 6.08 Å². The van der Waals surface area contributed by atoms with Crippen LogP contribution in [-0.2, 0) is 0 Å². The third-order valence-electron chi connectivity index (χ3n) is 3.44. The van der Waals surface area contributed by atoms with Crippen LogP contribution in [0, 0.1) is 13.8 Å². The second-order valence-electron chi connectivity index (χ2n) is 4.92. The quantitative estimate of drug-likeness (QED) is 0.591. The molecule has 0 unspecified atom stereocenters. The molecule has 0 atom stereocenters. The fraction of sp³-hybridized carbons (Fsp3) is 0.118. The number of aromatic hydroxyl groups is 3. The third kappa shape index (κ3) is 2.92. The molecule has 0 aliphatic rings. The van der Waals surface area contributed by atoms with Crippen molar-refractivity contribution < 1.29 is 20.1 Å². The van der Waals surface area contributed by atoms with E-state index in [9.17, 15) is 20.1 Å². The maximum atomic E-state index is 12.2. The molecule has 0 radical (unpaired) electrons. The molecule has 0 aliphatic heterocycles. The van der Waals surface area contributed by atoms with Gasteiger partial charge in [0.1, 0.15) is 22.8 Å². The molecule has 0 fully saturated rings. The first-order valence-electron chi connectivity index (χ1n) is 6.55. The molecule has 0 spiro atoms. The Bertz CT molecular complexity index is 732. The van der Waals surface area contributed by atoms with Crippen LogP contribution in [0.1, 0.15) is 27.0 Å². The number of carbonyl (C=O) groups is 1. The van der Waals surface area contributed by atoms with Crippen molar-refractivity contribution in [3.05, 3.63) is 57.6 Å². The van der Waals surface area contributed by atoms with Gasteiger partial charge in [-0.1, -0.05) is 29.8 Å². The summed E-state index contributed by atoms with van der Waals surface area (Å²) in [6, 6.07) is 6.85. The Hall–Kier alpha value is -2.46. The fourth-order valence-corrected chi connectivity index (χ4v) is 2.18. The van der Waals surface area contributed by atoms with Crippen molar-refractivity contribution in [3.8, 4) is 17.2 Å². The van der Waals surface area contributed by atoms with E-state index in [1.54, 1.807) is 30.3 Å². The van der Waals surface area contributed by atoms with Crippen LogP contribution in [-0.4, -0.2) is 21.1 Å². The van der Waals surface area contributed by atoms with E-state index in [0.717, 1.165) is 5.56 Å². The van der Waals surface area contributed by atoms with Crippen LogP contribution in [0.2, 0.25) is 5.02 Å². The van der Waals surface area contributed by atoms with Gasteiger partial charge in [-0.3, -0.25) is 4.79 Å². The Morgan fingerprint density at radius 3 is 1.95 bits per heavy atom. The number of hydrogen-bond acceptors (Lipinski definition) is 4. The van der Waals surface area contributed by atoms with E-state index in [1.165, 1.54) is 19.9 Å². The van der Waals surface area contributed by atoms with Gasteiger partial charge in [0.2, 0.25) is 0 Å². The van der Waals surface area contributed by atoms with Crippen LogP contribution >= 0.6 is 11.6 Å². The molecular weight excluding hydrogens is 304 g/mol. The number of rotatable bonds is 3. The van der Waals surface area contributed by atoms with Crippen molar-refractivity contribution in [1.29, 1.82) is 0 Å². The van der Waals surface area contributed by atoms with Crippen LogP contribution in [0.4, 0.5) is 0 Å². The van der Waals surface area contributed by atoms with Gasteiger partial charge in [0.15, 0.2) is 5.78 Å². The van der Waals surface area contributed by atoms with Crippen LogP contribution < -0.4 is 0 Å². The molecule has 0 aliphatic carbocycles.